The summed E-state index contributed by atoms with van der Waals surface area (Å²) < 4.78 is 0. The summed E-state index contributed by atoms with van der Waals surface area (Å²) in [4.78, 5) is 0. The van der Waals surface area contributed by atoms with Crippen LogP contribution in [0.1, 0.15) is 89.9 Å². The van der Waals surface area contributed by atoms with E-state index in [0.717, 1.165) is 12.8 Å². The first-order valence-electron chi connectivity index (χ1n) is 18.4. The van der Waals surface area contributed by atoms with Crippen LogP contribution in [-0.4, -0.2) is 55.4 Å². The summed E-state index contributed by atoms with van der Waals surface area (Å²) in [6.45, 7) is 0. The van der Waals surface area contributed by atoms with Crippen LogP contribution in [0.5, 0.6) is 0 Å². The molecular formula is C33H56N10. The maximum Gasteiger partial charge on any atom is 0.0672 e. The van der Waals surface area contributed by atoms with E-state index in [1.54, 1.807) is 0 Å². The molecule has 18 atom stereocenters. The van der Waals surface area contributed by atoms with Crippen molar-refractivity contribution in [3.63, 3.8) is 0 Å². The highest BCUT2D eigenvalue weighted by Gasteiger charge is 2.56. The minimum atomic E-state index is -0.100. The molecule has 5 heterocycles. The van der Waals surface area contributed by atoms with Crippen molar-refractivity contribution in [2.75, 3.05) is 0 Å². The number of rotatable bonds is 0. The SMILES string of the molecule is N#CC1CCC2C3NC4NC(NC5NC(NC6NC(NC(N3)C2C1N)C1CCCCC61)C1CCCCC51)C1CCCCC41. The molecule has 10 nitrogen and oxygen atoms in total. The van der Waals surface area contributed by atoms with E-state index in [4.69, 9.17) is 5.73 Å². The number of hydrogen-bond donors (Lipinski definition) is 9. The van der Waals surface area contributed by atoms with Gasteiger partial charge in [0.2, 0.25) is 0 Å². The molecule has 8 bridgehead atoms. The Labute approximate surface area is 257 Å². The molecule has 18 unspecified atom stereocenters. The van der Waals surface area contributed by atoms with Crippen LogP contribution in [0.15, 0.2) is 0 Å². The molecular weight excluding hydrogens is 536 g/mol. The number of hydrogen-bond acceptors (Lipinski definition) is 10. The van der Waals surface area contributed by atoms with E-state index in [1.165, 1.54) is 77.0 Å². The van der Waals surface area contributed by atoms with Crippen LogP contribution in [0.25, 0.3) is 0 Å². The van der Waals surface area contributed by atoms with Crippen molar-refractivity contribution in [3.8, 4) is 6.07 Å². The van der Waals surface area contributed by atoms with Gasteiger partial charge in [0.25, 0.3) is 0 Å². The van der Waals surface area contributed by atoms with Gasteiger partial charge in [0, 0.05) is 12.0 Å². The zero-order valence-electron chi connectivity index (χ0n) is 25.8. The Balaban J connectivity index is 1.06. The average molecular weight is 593 g/mol. The fraction of sp³-hybridized carbons (Fsp3) is 0.970. The van der Waals surface area contributed by atoms with E-state index in [1.807, 2.05) is 0 Å². The summed E-state index contributed by atoms with van der Waals surface area (Å²) in [7, 11) is 0. The lowest BCUT2D eigenvalue weighted by Crippen LogP contribution is -2.62. The highest BCUT2D eigenvalue weighted by molar-refractivity contribution is 5.12. The smallest absolute Gasteiger partial charge is 0.0672 e. The lowest BCUT2D eigenvalue weighted by Gasteiger charge is -2.40. The minimum absolute atomic E-state index is 0.0560. The molecule has 4 aliphatic carbocycles. The largest absolute Gasteiger partial charge is 0.326 e. The maximum absolute atomic E-state index is 9.99. The van der Waals surface area contributed by atoms with Crippen molar-refractivity contribution in [3.05, 3.63) is 0 Å². The summed E-state index contributed by atoms with van der Waals surface area (Å²) in [5.74, 6) is 4.61. The Kier molecular flexibility index (Phi) is 7.54. The van der Waals surface area contributed by atoms with Gasteiger partial charge in [-0.15, -0.1) is 0 Å². The normalized spacial score (nSPS) is 57.7. The zero-order valence-corrected chi connectivity index (χ0v) is 25.8. The van der Waals surface area contributed by atoms with Gasteiger partial charge in [-0.25, -0.2) is 0 Å². The second-order valence-electron chi connectivity index (χ2n) is 16.1. The molecule has 4 saturated carbocycles. The Morgan fingerprint density at radius 1 is 0.395 bits per heavy atom. The number of fused-ring (bicyclic) bond motifs is 20. The number of nitrogens with one attached hydrogen (secondary N) is 8. The Hall–Kier alpha value is -0.870. The first-order chi connectivity index (χ1) is 21.2. The standard InChI is InChI=1S/C33H56N10/c34-15-16-13-14-23-24(25(16)35)33-42-31-22-12-6-5-11-21(22)29(40-31)38-27-18-8-2-1-7-17(18)26(36-27)37-28-19-9-3-4-10-20(19)30(39-28)41-32(23)43-33/h16-33,36-43H,1-14,35H2. The van der Waals surface area contributed by atoms with E-state index in [-0.39, 0.29) is 36.4 Å². The lowest BCUT2D eigenvalue weighted by atomic mass is 9.70. The molecule has 0 aromatic carbocycles. The van der Waals surface area contributed by atoms with Crippen LogP contribution in [0.4, 0.5) is 0 Å². The van der Waals surface area contributed by atoms with Gasteiger partial charge in [0.1, 0.15) is 0 Å². The van der Waals surface area contributed by atoms with E-state index in [2.05, 4.69) is 48.6 Å². The Morgan fingerprint density at radius 3 is 1.02 bits per heavy atom. The van der Waals surface area contributed by atoms with Crippen LogP contribution in [0.2, 0.25) is 0 Å². The molecule has 9 aliphatic rings. The summed E-state index contributed by atoms with van der Waals surface area (Å²) >= 11 is 0. The van der Waals surface area contributed by atoms with Gasteiger partial charge in [-0.3, -0.25) is 42.5 Å². The molecule has 5 saturated heterocycles. The molecule has 9 rings (SSSR count). The predicted molar refractivity (Wildman–Crippen MR) is 165 cm³/mol. The fourth-order valence-electron chi connectivity index (χ4n) is 12.3. The van der Waals surface area contributed by atoms with Gasteiger partial charge in [0.15, 0.2) is 0 Å². The van der Waals surface area contributed by atoms with Crippen LogP contribution in [0.3, 0.4) is 0 Å². The topological polar surface area (TPSA) is 146 Å². The van der Waals surface area contributed by atoms with Crippen molar-refractivity contribution in [1.29, 1.82) is 5.26 Å². The molecule has 0 radical (unpaired) electrons. The van der Waals surface area contributed by atoms with E-state index in [9.17, 15) is 5.26 Å². The summed E-state index contributed by atoms with van der Waals surface area (Å²) in [5, 5.41) is 43.2. The summed E-state index contributed by atoms with van der Waals surface area (Å²) in [6.07, 6.45) is 20.2. The summed E-state index contributed by atoms with van der Waals surface area (Å²) in [6, 6.07) is 2.48. The molecule has 9 fully saturated rings. The Morgan fingerprint density at radius 2 is 0.698 bits per heavy atom. The van der Waals surface area contributed by atoms with Crippen molar-refractivity contribution in [2.45, 2.75) is 145 Å². The van der Waals surface area contributed by atoms with Gasteiger partial charge >= 0.3 is 0 Å². The van der Waals surface area contributed by atoms with E-state index in [0.29, 0.717) is 72.3 Å². The minimum Gasteiger partial charge on any atom is -0.326 e. The molecule has 43 heavy (non-hydrogen) atoms. The molecule has 5 aliphatic heterocycles. The molecule has 0 spiro atoms. The lowest BCUT2D eigenvalue weighted by molar-refractivity contribution is 0.138. The number of nitriles is 1. The Bertz CT molecular complexity index is 1060. The van der Waals surface area contributed by atoms with Gasteiger partial charge in [-0.2, -0.15) is 5.26 Å². The molecule has 238 valence electrons. The van der Waals surface area contributed by atoms with Crippen molar-refractivity contribution in [1.82, 2.24) is 42.5 Å². The van der Waals surface area contributed by atoms with Crippen LogP contribution in [-0.2, 0) is 0 Å². The quantitative estimate of drug-likeness (QED) is 0.202. The van der Waals surface area contributed by atoms with Gasteiger partial charge in [-0.05, 0) is 92.8 Å². The van der Waals surface area contributed by atoms with Gasteiger partial charge < -0.3 is 5.73 Å². The average Bonchev–Trinajstić information content (AvgIpc) is 3.77. The molecule has 0 aromatic rings. The van der Waals surface area contributed by atoms with Gasteiger partial charge in [-0.1, -0.05) is 38.5 Å². The second-order valence-corrected chi connectivity index (χ2v) is 16.1. The fourth-order valence-corrected chi connectivity index (χ4v) is 12.3. The predicted octanol–water partition coefficient (Wildman–Crippen LogP) is 1.29. The first kappa shape index (κ1) is 28.4. The number of nitrogens with zero attached hydrogens (tertiary/aromatic N) is 1. The maximum atomic E-state index is 9.99. The van der Waals surface area contributed by atoms with Crippen molar-refractivity contribution in [2.24, 2.45) is 59.0 Å². The molecule has 0 aromatic heterocycles. The zero-order chi connectivity index (χ0) is 28.7. The third kappa shape index (κ3) is 4.75. The number of nitrogens with two attached hydrogens (primary N) is 1. The monoisotopic (exact) mass is 592 g/mol. The summed E-state index contributed by atoms with van der Waals surface area (Å²) in [5.41, 5.74) is 6.98. The highest BCUT2D eigenvalue weighted by Crippen LogP contribution is 2.46. The van der Waals surface area contributed by atoms with E-state index >= 15 is 0 Å². The van der Waals surface area contributed by atoms with Crippen LogP contribution >= 0.6 is 0 Å². The van der Waals surface area contributed by atoms with Crippen molar-refractivity contribution >= 4 is 0 Å². The van der Waals surface area contributed by atoms with Crippen LogP contribution < -0.4 is 48.3 Å². The highest BCUT2D eigenvalue weighted by atomic mass is 15.4. The van der Waals surface area contributed by atoms with Gasteiger partial charge in [0.05, 0.1) is 61.3 Å². The van der Waals surface area contributed by atoms with E-state index < -0.39 is 0 Å². The third-order valence-corrected chi connectivity index (χ3v) is 14.3. The molecule has 0 amide bonds. The van der Waals surface area contributed by atoms with Crippen LogP contribution in [0, 0.1) is 64.6 Å². The first-order valence-corrected chi connectivity index (χ1v) is 18.4. The second kappa shape index (κ2) is 11.4. The molecule has 10 N–H and O–H groups in total. The molecule has 10 heteroatoms. The van der Waals surface area contributed by atoms with Crippen molar-refractivity contribution < 1.29 is 0 Å². The third-order valence-electron chi connectivity index (χ3n) is 14.3.